The standard InChI is InChI=1S/C10H14BrNO3.ClH/c1-15-9-4-7(11)2-6(10(9)14)3-8(12)5-13;/h2,4,8,13-14H,3,5,12H2,1H3;1H. The predicted octanol–water partition coefficient (Wildman–Crippen LogP) is 1.45. The summed E-state index contributed by atoms with van der Waals surface area (Å²) >= 11 is 3.31. The highest BCUT2D eigenvalue weighted by atomic mass is 79.9. The van der Waals surface area contributed by atoms with E-state index in [-0.39, 0.29) is 30.8 Å². The monoisotopic (exact) mass is 311 g/mol. The largest absolute Gasteiger partial charge is 0.504 e. The van der Waals surface area contributed by atoms with Crippen molar-refractivity contribution in [1.29, 1.82) is 0 Å². The maximum absolute atomic E-state index is 9.77. The van der Waals surface area contributed by atoms with Gasteiger partial charge in [0.15, 0.2) is 11.5 Å². The molecule has 92 valence electrons. The molecular weight excluding hydrogens is 297 g/mol. The van der Waals surface area contributed by atoms with Crippen LogP contribution in [0.3, 0.4) is 0 Å². The molecule has 16 heavy (non-hydrogen) atoms. The lowest BCUT2D eigenvalue weighted by atomic mass is 10.1. The number of methoxy groups -OCH3 is 1. The predicted molar refractivity (Wildman–Crippen MR) is 68.4 cm³/mol. The van der Waals surface area contributed by atoms with Crippen molar-refractivity contribution in [2.75, 3.05) is 13.7 Å². The zero-order chi connectivity index (χ0) is 11.4. The van der Waals surface area contributed by atoms with Crippen LogP contribution in [0.4, 0.5) is 0 Å². The molecule has 4 N–H and O–H groups in total. The van der Waals surface area contributed by atoms with E-state index in [0.717, 1.165) is 4.47 Å². The van der Waals surface area contributed by atoms with E-state index in [0.29, 0.717) is 17.7 Å². The van der Waals surface area contributed by atoms with Crippen molar-refractivity contribution in [3.05, 3.63) is 22.2 Å². The van der Waals surface area contributed by atoms with E-state index in [1.807, 2.05) is 0 Å². The topological polar surface area (TPSA) is 75.7 Å². The van der Waals surface area contributed by atoms with Gasteiger partial charge >= 0.3 is 0 Å². The van der Waals surface area contributed by atoms with Crippen molar-refractivity contribution in [2.45, 2.75) is 12.5 Å². The van der Waals surface area contributed by atoms with Gasteiger partial charge in [-0.1, -0.05) is 15.9 Å². The molecule has 1 atom stereocenters. The summed E-state index contributed by atoms with van der Waals surface area (Å²) in [6.45, 7) is -0.117. The Morgan fingerprint density at radius 1 is 1.50 bits per heavy atom. The molecule has 0 aliphatic rings. The number of phenols is 1. The number of phenolic OH excluding ortho intramolecular Hbond substituents is 1. The SMILES string of the molecule is COc1cc(Br)cc(CC(N)CO)c1O.Cl. The molecule has 0 saturated heterocycles. The minimum Gasteiger partial charge on any atom is -0.504 e. The maximum Gasteiger partial charge on any atom is 0.161 e. The third-order valence-electron chi connectivity index (χ3n) is 2.06. The average molecular weight is 313 g/mol. The molecule has 1 aromatic carbocycles. The molecule has 0 bridgehead atoms. The first-order chi connectivity index (χ1) is 7.08. The summed E-state index contributed by atoms with van der Waals surface area (Å²) in [6, 6.07) is 3.05. The first-order valence-corrected chi connectivity index (χ1v) is 5.29. The Hall–Kier alpha value is -0.490. The Morgan fingerprint density at radius 2 is 2.12 bits per heavy atom. The van der Waals surface area contributed by atoms with Gasteiger partial charge in [-0.2, -0.15) is 0 Å². The van der Waals surface area contributed by atoms with Gasteiger partial charge in [-0.25, -0.2) is 0 Å². The number of aromatic hydroxyl groups is 1. The van der Waals surface area contributed by atoms with Crippen LogP contribution in [0.2, 0.25) is 0 Å². The van der Waals surface area contributed by atoms with Crippen LogP contribution < -0.4 is 10.5 Å². The minimum atomic E-state index is -0.380. The van der Waals surface area contributed by atoms with E-state index in [1.165, 1.54) is 7.11 Å². The van der Waals surface area contributed by atoms with Crippen LogP contribution in [0, 0.1) is 0 Å². The summed E-state index contributed by atoms with van der Waals surface area (Å²) < 4.78 is 5.80. The fourth-order valence-corrected chi connectivity index (χ4v) is 1.77. The quantitative estimate of drug-likeness (QED) is 0.786. The van der Waals surface area contributed by atoms with Crippen molar-refractivity contribution >= 4 is 28.3 Å². The van der Waals surface area contributed by atoms with Crippen LogP contribution in [0.15, 0.2) is 16.6 Å². The van der Waals surface area contributed by atoms with Gasteiger partial charge in [0.05, 0.1) is 13.7 Å². The lowest BCUT2D eigenvalue weighted by molar-refractivity contribution is 0.264. The van der Waals surface area contributed by atoms with Gasteiger partial charge in [-0.3, -0.25) is 0 Å². The van der Waals surface area contributed by atoms with Gasteiger partial charge in [0, 0.05) is 16.1 Å². The Bertz CT molecular complexity index is 349. The van der Waals surface area contributed by atoms with Gasteiger partial charge in [0.25, 0.3) is 0 Å². The fraction of sp³-hybridized carbons (Fsp3) is 0.400. The molecule has 0 aliphatic carbocycles. The van der Waals surface area contributed by atoms with E-state index in [1.54, 1.807) is 12.1 Å². The third-order valence-corrected chi connectivity index (χ3v) is 2.51. The molecule has 0 radical (unpaired) electrons. The third kappa shape index (κ3) is 3.83. The normalized spacial score (nSPS) is 11.8. The number of hydrogen-bond donors (Lipinski definition) is 3. The Labute approximate surface area is 109 Å². The molecule has 0 fully saturated rings. The second-order valence-corrected chi connectivity index (χ2v) is 4.18. The summed E-state index contributed by atoms with van der Waals surface area (Å²) in [6.07, 6.45) is 0.401. The average Bonchev–Trinajstić information content (AvgIpc) is 2.22. The molecule has 6 heteroatoms. The molecule has 0 aromatic heterocycles. The Morgan fingerprint density at radius 3 is 2.62 bits per heavy atom. The highest BCUT2D eigenvalue weighted by molar-refractivity contribution is 9.10. The molecule has 0 aliphatic heterocycles. The highest BCUT2D eigenvalue weighted by Crippen LogP contribution is 2.33. The number of hydrogen-bond acceptors (Lipinski definition) is 4. The van der Waals surface area contributed by atoms with E-state index < -0.39 is 0 Å². The van der Waals surface area contributed by atoms with Crippen LogP contribution in [0.1, 0.15) is 5.56 Å². The molecule has 1 aromatic rings. The van der Waals surface area contributed by atoms with E-state index in [2.05, 4.69) is 15.9 Å². The summed E-state index contributed by atoms with van der Waals surface area (Å²) in [7, 11) is 1.48. The number of rotatable bonds is 4. The van der Waals surface area contributed by atoms with Gasteiger partial charge in [-0.15, -0.1) is 12.4 Å². The van der Waals surface area contributed by atoms with Gasteiger partial charge in [0.2, 0.25) is 0 Å². The van der Waals surface area contributed by atoms with Crippen molar-refractivity contribution in [3.63, 3.8) is 0 Å². The summed E-state index contributed by atoms with van der Waals surface area (Å²) in [5, 5.41) is 18.6. The molecule has 0 heterocycles. The molecule has 1 rings (SSSR count). The number of ether oxygens (including phenoxy) is 1. The minimum absolute atomic E-state index is 0. The number of nitrogens with two attached hydrogens (primary N) is 1. The molecule has 0 saturated carbocycles. The second kappa shape index (κ2) is 6.96. The fourth-order valence-electron chi connectivity index (χ4n) is 1.29. The van der Waals surface area contributed by atoms with Crippen LogP contribution in [-0.4, -0.2) is 30.0 Å². The van der Waals surface area contributed by atoms with E-state index in [4.69, 9.17) is 15.6 Å². The lowest BCUT2D eigenvalue weighted by Gasteiger charge is -2.12. The van der Waals surface area contributed by atoms with Crippen LogP contribution in [0.25, 0.3) is 0 Å². The molecule has 1 unspecified atom stereocenters. The van der Waals surface area contributed by atoms with Gasteiger partial charge in [0.1, 0.15) is 0 Å². The molecule has 4 nitrogen and oxygen atoms in total. The number of aliphatic hydroxyl groups is 1. The Balaban J connectivity index is 0.00000225. The first kappa shape index (κ1) is 15.5. The van der Waals surface area contributed by atoms with Crippen LogP contribution in [0.5, 0.6) is 11.5 Å². The second-order valence-electron chi connectivity index (χ2n) is 3.26. The van der Waals surface area contributed by atoms with Gasteiger partial charge < -0.3 is 20.7 Å². The highest BCUT2D eigenvalue weighted by Gasteiger charge is 2.12. The van der Waals surface area contributed by atoms with Crippen LogP contribution >= 0.6 is 28.3 Å². The smallest absolute Gasteiger partial charge is 0.161 e. The molecule has 0 amide bonds. The zero-order valence-electron chi connectivity index (χ0n) is 8.81. The number of halogens is 2. The number of aliphatic hydroxyl groups excluding tert-OH is 1. The summed E-state index contributed by atoms with van der Waals surface area (Å²) in [5.41, 5.74) is 6.25. The maximum atomic E-state index is 9.77. The van der Waals surface area contributed by atoms with Gasteiger partial charge in [-0.05, 0) is 18.6 Å². The first-order valence-electron chi connectivity index (χ1n) is 4.50. The van der Waals surface area contributed by atoms with Crippen molar-refractivity contribution in [3.8, 4) is 11.5 Å². The van der Waals surface area contributed by atoms with Crippen molar-refractivity contribution < 1.29 is 14.9 Å². The van der Waals surface area contributed by atoms with E-state index >= 15 is 0 Å². The van der Waals surface area contributed by atoms with Crippen molar-refractivity contribution in [1.82, 2.24) is 0 Å². The van der Waals surface area contributed by atoms with Crippen molar-refractivity contribution in [2.24, 2.45) is 5.73 Å². The van der Waals surface area contributed by atoms with Crippen LogP contribution in [-0.2, 0) is 6.42 Å². The van der Waals surface area contributed by atoms with E-state index in [9.17, 15) is 5.11 Å². The summed E-state index contributed by atoms with van der Waals surface area (Å²) in [5.74, 6) is 0.467. The molecular formula is C10H15BrClNO3. The molecule has 0 spiro atoms. The lowest BCUT2D eigenvalue weighted by Crippen LogP contribution is -2.26. The zero-order valence-corrected chi connectivity index (χ0v) is 11.2. The number of benzene rings is 1. The Kier molecular flexibility index (Phi) is 6.74. The summed E-state index contributed by atoms with van der Waals surface area (Å²) in [4.78, 5) is 0.